The minimum absolute atomic E-state index is 0.672. The van der Waals surface area contributed by atoms with Crippen molar-refractivity contribution in [2.24, 2.45) is 0 Å². The zero-order chi connectivity index (χ0) is 14.6. The molecular weight excluding hydrogens is 276 g/mol. The first-order chi connectivity index (χ1) is 10.2. The van der Waals surface area contributed by atoms with Crippen LogP contribution < -0.4 is 0 Å². The van der Waals surface area contributed by atoms with Crippen molar-refractivity contribution in [1.29, 1.82) is 0 Å². The van der Waals surface area contributed by atoms with E-state index in [0.717, 1.165) is 13.0 Å². The second kappa shape index (κ2) is 4.85. The lowest BCUT2D eigenvalue weighted by molar-refractivity contribution is 0.186. The SMILES string of the molecule is CCC(C)N1CCc2[nH]c3ccc4scc(C)c4c3c2C1. The lowest BCUT2D eigenvalue weighted by Gasteiger charge is -2.32. The van der Waals surface area contributed by atoms with E-state index in [1.54, 1.807) is 5.56 Å². The fourth-order valence-corrected chi connectivity index (χ4v) is 4.60. The first-order valence-corrected chi connectivity index (χ1v) is 8.81. The number of hydrogen-bond donors (Lipinski definition) is 1. The minimum atomic E-state index is 0.672. The zero-order valence-corrected chi connectivity index (χ0v) is 13.8. The van der Waals surface area contributed by atoms with Crippen LogP contribution in [-0.2, 0) is 13.0 Å². The van der Waals surface area contributed by atoms with Gasteiger partial charge in [0.2, 0.25) is 0 Å². The van der Waals surface area contributed by atoms with E-state index in [4.69, 9.17) is 0 Å². The second-order valence-electron chi connectivity index (χ2n) is 6.34. The molecule has 0 bridgehead atoms. The van der Waals surface area contributed by atoms with Crippen molar-refractivity contribution in [2.45, 2.75) is 46.2 Å². The quantitative estimate of drug-likeness (QED) is 0.716. The van der Waals surface area contributed by atoms with Gasteiger partial charge in [-0.3, -0.25) is 4.90 Å². The maximum Gasteiger partial charge on any atom is 0.0466 e. The standard InChI is InChI=1S/C18H22N2S/c1-4-12(3)20-8-7-14-13(9-20)18-15(19-14)5-6-16-17(18)11(2)10-21-16/h5-6,10,12,19H,4,7-9H2,1-3H3. The molecule has 0 aliphatic carbocycles. The van der Waals surface area contributed by atoms with E-state index >= 15 is 0 Å². The Labute approximate surface area is 129 Å². The number of thiophene rings is 1. The highest BCUT2D eigenvalue weighted by Crippen LogP contribution is 2.37. The fraction of sp³-hybridized carbons (Fsp3) is 0.444. The third-order valence-corrected chi connectivity index (χ3v) is 6.17. The van der Waals surface area contributed by atoms with E-state index < -0.39 is 0 Å². The van der Waals surface area contributed by atoms with Crippen LogP contribution in [0.15, 0.2) is 17.5 Å². The highest BCUT2D eigenvalue weighted by molar-refractivity contribution is 7.17. The van der Waals surface area contributed by atoms with Crippen LogP contribution in [0.2, 0.25) is 0 Å². The molecular formula is C18H22N2S. The van der Waals surface area contributed by atoms with E-state index in [-0.39, 0.29) is 0 Å². The Morgan fingerprint density at radius 1 is 1.33 bits per heavy atom. The van der Waals surface area contributed by atoms with Crippen molar-refractivity contribution in [3.63, 3.8) is 0 Å². The Bertz CT molecular complexity index is 811. The molecule has 21 heavy (non-hydrogen) atoms. The van der Waals surface area contributed by atoms with Gasteiger partial charge >= 0.3 is 0 Å². The number of hydrogen-bond acceptors (Lipinski definition) is 2. The largest absolute Gasteiger partial charge is 0.358 e. The molecule has 4 rings (SSSR count). The molecule has 1 aromatic carbocycles. The first-order valence-electron chi connectivity index (χ1n) is 7.93. The molecule has 0 saturated heterocycles. The van der Waals surface area contributed by atoms with Gasteiger partial charge in [0.05, 0.1) is 0 Å². The van der Waals surface area contributed by atoms with Gasteiger partial charge in [0.25, 0.3) is 0 Å². The lowest BCUT2D eigenvalue weighted by Crippen LogP contribution is -2.37. The van der Waals surface area contributed by atoms with Gasteiger partial charge in [0.15, 0.2) is 0 Å². The second-order valence-corrected chi connectivity index (χ2v) is 7.25. The third-order valence-electron chi connectivity index (χ3n) is 5.10. The van der Waals surface area contributed by atoms with Gasteiger partial charge in [0, 0.05) is 52.2 Å². The smallest absolute Gasteiger partial charge is 0.0466 e. The number of benzene rings is 1. The summed E-state index contributed by atoms with van der Waals surface area (Å²) in [6.45, 7) is 9.16. The maximum atomic E-state index is 3.68. The van der Waals surface area contributed by atoms with Crippen LogP contribution >= 0.6 is 11.3 Å². The van der Waals surface area contributed by atoms with Gasteiger partial charge in [-0.25, -0.2) is 0 Å². The topological polar surface area (TPSA) is 19.0 Å². The minimum Gasteiger partial charge on any atom is -0.358 e. The van der Waals surface area contributed by atoms with Gasteiger partial charge in [-0.05, 0) is 48.9 Å². The number of rotatable bonds is 2. The number of aromatic nitrogens is 1. The van der Waals surface area contributed by atoms with Crippen LogP contribution in [-0.4, -0.2) is 22.5 Å². The molecule has 3 heterocycles. The van der Waals surface area contributed by atoms with Gasteiger partial charge in [0.1, 0.15) is 0 Å². The molecule has 2 nitrogen and oxygen atoms in total. The number of fused-ring (bicyclic) bond motifs is 5. The summed E-state index contributed by atoms with van der Waals surface area (Å²) in [7, 11) is 0. The molecule has 1 atom stereocenters. The average molecular weight is 298 g/mol. The van der Waals surface area contributed by atoms with Gasteiger partial charge in [-0.15, -0.1) is 11.3 Å². The van der Waals surface area contributed by atoms with Crippen molar-refractivity contribution in [2.75, 3.05) is 6.54 Å². The molecule has 1 unspecified atom stereocenters. The molecule has 1 aliphatic heterocycles. The normalized spacial score (nSPS) is 17.5. The van der Waals surface area contributed by atoms with E-state index in [1.165, 1.54) is 45.2 Å². The monoisotopic (exact) mass is 298 g/mol. The molecule has 3 heteroatoms. The summed E-state index contributed by atoms with van der Waals surface area (Å²) >= 11 is 1.87. The van der Waals surface area contributed by atoms with E-state index in [9.17, 15) is 0 Å². The molecule has 0 spiro atoms. The predicted octanol–water partition coefficient (Wildman–Crippen LogP) is 4.85. The Hall–Kier alpha value is -1.32. The molecule has 110 valence electrons. The molecule has 2 aromatic heterocycles. The summed E-state index contributed by atoms with van der Waals surface area (Å²) in [5.41, 5.74) is 5.74. The first kappa shape index (κ1) is 13.4. The van der Waals surface area contributed by atoms with Gasteiger partial charge in [-0.1, -0.05) is 6.92 Å². The molecule has 0 fully saturated rings. The van der Waals surface area contributed by atoms with Crippen LogP contribution in [0.1, 0.15) is 37.1 Å². The molecule has 0 amide bonds. The average Bonchev–Trinajstić information content (AvgIpc) is 3.06. The Morgan fingerprint density at radius 3 is 3.00 bits per heavy atom. The summed E-state index contributed by atoms with van der Waals surface area (Å²) in [5.74, 6) is 0. The number of aromatic amines is 1. The number of aryl methyl sites for hydroxylation is 1. The summed E-state index contributed by atoms with van der Waals surface area (Å²) in [6, 6.07) is 5.20. The highest BCUT2D eigenvalue weighted by Gasteiger charge is 2.24. The summed E-state index contributed by atoms with van der Waals surface area (Å²) < 4.78 is 1.42. The van der Waals surface area contributed by atoms with Crippen LogP contribution in [0.3, 0.4) is 0 Å². The Balaban J connectivity index is 1.94. The van der Waals surface area contributed by atoms with Crippen LogP contribution in [0, 0.1) is 6.92 Å². The molecule has 0 saturated carbocycles. The lowest BCUT2D eigenvalue weighted by atomic mass is 9.99. The number of H-pyrrole nitrogens is 1. The number of nitrogens with one attached hydrogen (secondary N) is 1. The number of nitrogens with zero attached hydrogens (tertiary/aromatic N) is 1. The summed E-state index contributed by atoms with van der Waals surface area (Å²) in [5, 5.41) is 5.24. The van der Waals surface area contributed by atoms with E-state index in [1.807, 2.05) is 11.3 Å². The van der Waals surface area contributed by atoms with Crippen molar-refractivity contribution in [1.82, 2.24) is 9.88 Å². The van der Waals surface area contributed by atoms with Crippen molar-refractivity contribution in [3.05, 3.63) is 34.3 Å². The fourth-order valence-electron chi connectivity index (χ4n) is 3.65. The molecule has 1 aliphatic rings. The van der Waals surface area contributed by atoms with E-state index in [0.29, 0.717) is 6.04 Å². The molecule has 1 N–H and O–H groups in total. The summed E-state index contributed by atoms with van der Waals surface area (Å²) in [4.78, 5) is 6.32. The Kier molecular flexibility index (Phi) is 3.09. The predicted molar refractivity (Wildman–Crippen MR) is 92.3 cm³/mol. The van der Waals surface area contributed by atoms with Gasteiger partial charge in [-0.2, -0.15) is 0 Å². The van der Waals surface area contributed by atoms with Crippen molar-refractivity contribution < 1.29 is 0 Å². The van der Waals surface area contributed by atoms with Crippen molar-refractivity contribution in [3.8, 4) is 0 Å². The molecule has 3 aromatic rings. The van der Waals surface area contributed by atoms with Crippen LogP contribution in [0.5, 0.6) is 0 Å². The van der Waals surface area contributed by atoms with Crippen molar-refractivity contribution >= 4 is 32.3 Å². The molecule has 0 radical (unpaired) electrons. The maximum absolute atomic E-state index is 3.68. The highest BCUT2D eigenvalue weighted by atomic mass is 32.1. The third kappa shape index (κ3) is 1.95. The Morgan fingerprint density at radius 2 is 2.19 bits per heavy atom. The van der Waals surface area contributed by atoms with Crippen LogP contribution in [0.25, 0.3) is 21.0 Å². The zero-order valence-electron chi connectivity index (χ0n) is 13.0. The van der Waals surface area contributed by atoms with Crippen LogP contribution in [0.4, 0.5) is 0 Å². The van der Waals surface area contributed by atoms with Gasteiger partial charge < -0.3 is 4.98 Å². The summed E-state index contributed by atoms with van der Waals surface area (Å²) in [6.07, 6.45) is 2.38. The van der Waals surface area contributed by atoms with E-state index in [2.05, 4.69) is 48.2 Å².